The molecule has 5 rings (SSSR count). The Balaban J connectivity index is 1.47. The maximum Gasteiger partial charge on any atom is 0.255 e. The van der Waals surface area contributed by atoms with Crippen LogP contribution in [0.15, 0.2) is 36.3 Å². The average Bonchev–Trinajstić information content (AvgIpc) is 3.27. The molecule has 3 aliphatic rings. The summed E-state index contributed by atoms with van der Waals surface area (Å²) in [6, 6.07) is -3.69. The van der Waals surface area contributed by atoms with E-state index in [4.69, 9.17) is 13.0 Å². The smallest absolute Gasteiger partial charge is 0.255 e. The van der Waals surface area contributed by atoms with E-state index in [2.05, 4.69) is 10.6 Å². The molecule has 1 atom stereocenters. The Kier molecular flexibility index (Phi) is 4.58. The predicted octanol–water partition coefficient (Wildman–Crippen LogP) is 2.03. The lowest BCUT2D eigenvalue weighted by Crippen LogP contribution is -2.52. The number of morpholine rings is 1. The quantitative estimate of drug-likeness (QED) is 0.626. The van der Waals surface area contributed by atoms with Crippen LogP contribution >= 0.6 is 0 Å². The van der Waals surface area contributed by atoms with E-state index in [0.29, 0.717) is 26.3 Å². The lowest BCUT2D eigenvalue weighted by molar-refractivity contribution is -0.136. The van der Waals surface area contributed by atoms with Crippen molar-refractivity contribution in [2.45, 2.75) is 38.5 Å². The molecule has 2 aromatic carbocycles. The molecule has 2 fully saturated rings. The van der Waals surface area contributed by atoms with Gasteiger partial charge in [0.05, 0.1) is 21.4 Å². The van der Waals surface area contributed by atoms with Gasteiger partial charge in [0.25, 0.3) is 5.91 Å². The molecule has 34 heavy (non-hydrogen) atoms. The number of hydrogen-bond donors (Lipinski definition) is 2. The van der Waals surface area contributed by atoms with Gasteiger partial charge in [-0.25, -0.2) is 4.39 Å². The van der Waals surface area contributed by atoms with Gasteiger partial charge in [0.15, 0.2) is 0 Å². The van der Waals surface area contributed by atoms with Crippen molar-refractivity contribution in [3.8, 4) is 0 Å². The first-order valence-electron chi connectivity index (χ1n) is 14.1. The van der Waals surface area contributed by atoms with Gasteiger partial charge in [-0.05, 0) is 36.2 Å². The standard InChI is InChI=1S/C25H27FN4O4/c26-20-5-4-16(14-29-8-10-34-11-9-29)12-17(20)13-27-21-3-1-2-18-19(21)15-30(25(18)33)22-6-7-23(31)28-24(22)32/h1-5,12,22,27H,6-11,13-15H2,(H,28,31,32)/i1D,2D,3D,4D,5D,12D. The van der Waals surface area contributed by atoms with Crippen molar-refractivity contribution >= 4 is 23.4 Å². The first kappa shape index (κ1) is 16.3. The number of piperidine rings is 1. The van der Waals surface area contributed by atoms with Crippen LogP contribution in [0.2, 0.25) is 0 Å². The van der Waals surface area contributed by atoms with Crippen LogP contribution in [0.1, 0.15) is 48.1 Å². The number of halogens is 1. The number of hydrogen-bond acceptors (Lipinski definition) is 6. The highest BCUT2D eigenvalue weighted by Crippen LogP contribution is 2.32. The molecular weight excluding hydrogens is 439 g/mol. The fourth-order valence-electron chi connectivity index (χ4n) is 4.38. The maximum atomic E-state index is 15.2. The van der Waals surface area contributed by atoms with Crippen molar-refractivity contribution in [3.05, 3.63) is 64.3 Å². The minimum absolute atomic E-state index is 0.0193. The highest BCUT2D eigenvalue weighted by atomic mass is 19.1. The number of benzene rings is 2. The van der Waals surface area contributed by atoms with Gasteiger partial charge in [-0.15, -0.1) is 0 Å². The molecule has 3 heterocycles. The molecule has 0 radical (unpaired) electrons. The summed E-state index contributed by atoms with van der Waals surface area (Å²) in [7, 11) is 0. The number of imide groups is 1. The van der Waals surface area contributed by atoms with E-state index in [1.54, 1.807) is 0 Å². The topological polar surface area (TPSA) is 91.0 Å². The van der Waals surface area contributed by atoms with E-state index in [0.717, 1.165) is 0 Å². The van der Waals surface area contributed by atoms with Crippen LogP contribution in [-0.2, 0) is 34.0 Å². The van der Waals surface area contributed by atoms with Crippen molar-refractivity contribution < 1.29 is 31.7 Å². The predicted molar refractivity (Wildman–Crippen MR) is 122 cm³/mol. The van der Waals surface area contributed by atoms with Crippen LogP contribution in [-0.4, -0.2) is 59.9 Å². The molecule has 3 aliphatic heterocycles. The number of rotatable bonds is 6. The molecule has 2 N–H and O–H groups in total. The van der Waals surface area contributed by atoms with E-state index in [1.165, 1.54) is 4.90 Å². The van der Waals surface area contributed by atoms with E-state index in [-0.39, 0.29) is 72.5 Å². The van der Waals surface area contributed by atoms with Crippen molar-refractivity contribution in [2.24, 2.45) is 0 Å². The number of amides is 3. The highest BCUT2D eigenvalue weighted by molar-refractivity contribution is 6.06. The fourth-order valence-corrected chi connectivity index (χ4v) is 4.38. The van der Waals surface area contributed by atoms with E-state index in [1.807, 2.05) is 4.90 Å². The van der Waals surface area contributed by atoms with Crippen LogP contribution in [0, 0.1) is 5.82 Å². The zero-order chi connectivity index (χ0) is 28.9. The molecule has 2 aromatic rings. The summed E-state index contributed by atoms with van der Waals surface area (Å²) in [6.07, 6.45) is 0.121. The Morgan fingerprint density at radius 2 is 2.00 bits per heavy atom. The molecule has 2 saturated heterocycles. The van der Waals surface area contributed by atoms with E-state index >= 15 is 4.39 Å². The minimum Gasteiger partial charge on any atom is -0.381 e. The monoisotopic (exact) mass is 472 g/mol. The lowest BCUT2D eigenvalue weighted by atomic mass is 10.0. The number of nitrogens with zero attached hydrogens (tertiary/aromatic N) is 2. The lowest BCUT2D eigenvalue weighted by Gasteiger charge is -2.29. The Bertz CT molecular complexity index is 1440. The Morgan fingerprint density at radius 3 is 2.79 bits per heavy atom. The van der Waals surface area contributed by atoms with Crippen LogP contribution in [0.25, 0.3) is 0 Å². The first-order valence-corrected chi connectivity index (χ1v) is 11.1. The number of carbonyl (C=O) groups excluding carboxylic acids is 3. The molecule has 0 aliphatic carbocycles. The second-order valence-electron chi connectivity index (χ2n) is 8.39. The van der Waals surface area contributed by atoms with E-state index < -0.39 is 53.8 Å². The Morgan fingerprint density at radius 1 is 1.18 bits per heavy atom. The molecule has 178 valence electrons. The maximum absolute atomic E-state index is 15.2. The van der Waals surface area contributed by atoms with Crippen molar-refractivity contribution in [1.29, 1.82) is 0 Å². The third-order valence-corrected chi connectivity index (χ3v) is 6.19. The number of anilines is 1. The SMILES string of the molecule is [2H]c1c([2H])c(NCc2c([2H])c(CN3CCOCC3)c([2H])c([2H])c2F)c2c(c1[2H])C(=O)N(C1CCC(=O)NC1=O)C2. The van der Waals surface area contributed by atoms with Crippen molar-refractivity contribution in [1.82, 2.24) is 15.1 Å². The number of carbonyl (C=O) groups is 3. The summed E-state index contributed by atoms with van der Waals surface area (Å²) < 4.78 is 70.5. The Labute approximate surface area is 205 Å². The summed E-state index contributed by atoms with van der Waals surface area (Å²) in [5.41, 5.74) is -0.0115. The van der Waals surface area contributed by atoms with Gasteiger partial charge in [0, 0.05) is 61.5 Å². The second kappa shape index (κ2) is 9.52. The molecule has 0 bridgehead atoms. The van der Waals surface area contributed by atoms with Crippen molar-refractivity contribution in [3.63, 3.8) is 0 Å². The van der Waals surface area contributed by atoms with E-state index in [9.17, 15) is 14.4 Å². The second-order valence-corrected chi connectivity index (χ2v) is 8.39. The minimum atomic E-state index is -1.05. The first-order chi connectivity index (χ1) is 19.0. The summed E-state index contributed by atoms with van der Waals surface area (Å²) >= 11 is 0. The van der Waals surface area contributed by atoms with Gasteiger partial charge in [0.2, 0.25) is 11.8 Å². The van der Waals surface area contributed by atoms with Gasteiger partial charge in [0.1, 0.15) is 11.9 Å². The summed E-state index contributed by atoms with van der Waals surface area (Å²) in [4.78, 5) is 40.5. The van der Waals surface area contributed by atoms with Crippen LogP contribution < -0.4 is 10.6 Å². The van der Waals surface area contributed by atoms with Gasteiger partial charge < -0.3 is 15.0 Å². The van der Waals surface area contributed by atoms with Crippen LogP contribution in [0.4, 0.5) is 10.1 Å². The van der Waals surface area contributed by atoms with Gasteiger partial charge >= 0.3 is 0 Å². The fraction of sp³-hybridized carbons (Fsp3) is 0.400. The zero-order valence-electron chi connectivity index (χ0n) is 24.3. The third-order valence-electron chi connectivity index (χ3n) is 6.19. The molecule has 1 unspecified atom stereocenters. The number of nitrogens with one attached hydrogen (secondary N) is 2. The average molecular weight is 473 g/mol. The van der Waals surface area contributed by atoms with Gasteiger partial charge in [-0.2, -0.15) is 0 Å². The normalized spacial score (nSPS) is 23.4. The molecular formula is C25H27FN4O4. The van der Waals surface area contributed by atoms with Crippen LogP contribution in [0.3, 0.4) is 0 Å². The molecule has 0 saturated carbocycles. The van der Waals surface area contributed by atoms with Gasteiger partial charge in [-0.3, -0.25) is 24.6 Å². The molecule has 8 nitrogen and oxygen atoms in total. The molecule has 3 amide bonds. The largest absolute Gasteiger partial charge is 0.381 e. The van der Waals surface area contributed by atoms with Crippen LogP contribution in [0.5, 0.6) is 0 Å². The number of ether oxygens (including phenoxy) is 1. The molecule has 0 aromatic heterocycles. The summed E-state index contributed by atoms with van der Waals surface area (Å²) in [6.45, 7) is 1.71. The molecule has 0 spiro atoms. The van der Waals surface area contributed by atoms with Crippen molar-refractivity contribution in [2.75, 3.05) is 31.6 Å². The molecule has 9 heteroatoms. The van der Waals surface area contributed by atoms with Gasteiger partial charge in [-0.1, -0.05) is 12.1 Å². The zero-order valence-corrected chi connectivity index (χ0v) is 18.3. The number of fused-ring (bicyclic) bond motifs is 1. The third kappa shape index (κ3) is 4.53. The Hall–Kier alpha value is -3.30. The highest BCUT2D eigenvalue weighted by Gasteiger charge is 2.39. The summed E-state index contributed by atoms with van der Waals surface area (Å²) in [5.74, 6) is -2.84. The summed E-state index contributed by atoms with van der Waals surface area (Å²) in [5, 5.41) is 5.05.